The summed E-state index contributed by atoms with van der Waals surface area (Å²) in [5, 5.41) is 3.14. The number of pyridine rings is 1. The molecule has 3 aromatic rings. The molecule has 0 aliphatic heterocycles. The van der Waals surface area contributed by atoms with Gasteiger partial charge in [-0.2, -0.15) is 0 Å². The van der Waals surface area contributed by atoms with Crippen LogP contribution in [0.2, 0.25) is 0 Å². The number of nitrogens with zero attached hydrogens (tertiary/aromatic N) is 2. The first-order valence-corrected chi connectivity index (χ1v) is 11.5. The molecule has 7 heteroatoms. The lowest BCUT2D eigenvalue weighted by molar-refractivity contribution is -0.123. The van der Waals surface area contributed by atoms with E-state index in [0.29, 0.717) is 17.0 Å². The molecular formula is C27H28FN3O3. The maximum Gasteiger partial charge on any atom is 0.277 e. The van der Waals surface area contributed by atoms with Gasteiger partial charge in [-0.1, -0.05) is 37.5 Å². The van der Waals surface area contributed by atoms with E-state index in [1.54, 1.807) is 61.7 Å². The molecule has 4 rings (SSSR count). The molecule has 34 heavy (non-hydrogen) atoms. The van der Waals surface area contributed by atoms with Gasteiger partial charge in [0.2, 0.25) is 5.91 Å². The number of amides is 2. The predicted molar refractivity (Wildman–Crippen MR) is 128 cm³/mol. The molecule has 1 fully saturated rings. The van der Waals surface area contributed by atoms with E-state index in [2.05, 4.69) is 10.3 Å². The van der Waals surface area contributed by atoms with Crippen LogP contribution in [0.3, 0.4) is 0 Å². The molecule has 0 radical (unpaired) electrons. The Labute approximate surface area is 198 Å². The van der Waals surface area contributed by atoms with Gasteiger partial charge in [0.15, 0.2) is 0 Å². The third kappa shape index (κ3) is 5.42. The summed E-state index contributed by atoms with van der Waals surface area (Å²) in [5.74, 6) is -0.529. The fourth-order valence-corrected chi connectivity index (χ4v) is 4.33. The van der Waals surface area contributed by atoms with E-state index in [9.17, 15) is 14.0 Å². The van der Waals surface area contributed by atoms with Gasteiger partial charge in [0.05, 0.1) is 7.11 Å². The van der Waals surface area contributed by atoms with E-state index in [-0.39, 0.29) is 17.6 Å². The van der Waals surface area contributed by atoms with Gasteiger partial charge in [0, 0.05) is 17.9 Å². The van der Waals surface area contributed by atoms with E-state index < -0.39 is 17.8 Å². The summed E-state index contributed by atoms with van der Waals surface area (Å²) >= 11 is 0. The van der Waals surface area contributed by atoms with Crippen LogP contribution in [0.25, 0.3) is 0 Å². The van der Waals surface area contributed by atoms with E-state index >= 15 is 0 Å². The number of rotatable bonds is 7. The first kappa shape index (κ1) is 23.4. The van der Waals surface area contributed by atoms with Crippen LogP contribution in [0.4, 0.5) is 10.1 Å². The lowest BCUT2D eigenvalue weighted by Crippen LogP contribution is -2.47. The molecule has 1 atom stereocenters. The summed E-state index contributed by atoms with van der Waals surface area (Å²) in [5.41, 5.74) is 1.22. The molecule has 1 N–H and O–H groups in total. The monoisotopic (exact) mass is 461 g/mol. The van der Waals surface area contributed by atoms with Crippen LogP contribution < -0.4 is 15.0 Å². The summed E-state index contributed by atoms with van der Waals surface area (Å²) in [7, 11) is 1.56. The van der Waals surface area contributed by atoms with Crippen molar-refractivity contribution in [2.75, 3.05) is 12.0 Å². The van der Waals surface area contributed by atoms with Gasteiger partial charge in [-0.3, -0.25) is 19.5 Å². The fourth-order valence-electron chi connectivity index (χ4n) is 4.33. The largest absolute Gasteiger partial charge is 0.497 e. The second kappa shape index (κ2) is 10.9. The van der Waals surface area contributed by atoms with Crippen molar-refractivity contribution in [2.24, 2.45) is 0 Å². The van der Waals surface area contributed by atoms with Crippen LogP contribution in [0.1, 0.15) is 54.2 Å². The second-order valence-electron chi connectivity index (χ2n) is 8.39. The predicted octanol–water partition coefficient (Wildman–Crippen LogP) is 5.07. The Hall–Kier alpha value is -3.74. The number of carbonyl (C=O) groups excluding carboxylic acids is 2. The highest BCUT2D eigenvalue weighted by atomic mass is 19.1. The summed E-state index contributed by atoms with van der Waals surface area (Å²) in [6.07, 6.45) is 6.61. The molecular weight excluding hydrogens is 433 g/mol. The average Bonchev–Trinajstić information content (AvgIpc) is 2.89. The van der Waals surface area contributed by atoms with Crippen molar-refractivity contribution >= 4 is 17.5 Å². The van der Waals surface area contributed by atoms with Crippen molar-refractivity contribution < 1.29 is 18.7 Å². The summed E-state index contributed by atoms with van der Waals surface area (Å²) in [6, 6.07) is 16.7. The highest BCUT2D eigenvalue weighted by Gasteiger charge is 2.35. The van der Waals surface area contributed by atoms with Gasteiger partial charge in [0.25, 0.3) is 5.91 Å². The van der Waals surface area contributed by atoms with Crippen LogP contribution in [-0.2, 0) is 4.79 Å². The number of ether oxygens (including phenoxy) is 1. The Morgan fingerprint density at radius 1 is 1.00 bits per heavy atom. The number of hydrogen-bond donors (Lipinski definition) is 1. The first-order valence-electron chi connectivity index (χ1n) is 11.5. The minimum Gasteiger partial charge on any atom is -0.497 e. The van der Waals surface area contributed by atoms with E-state index in [0.717, 1.165) is 32.1 Å². The molecule has 0 unspecified atom stereocenters. The smallest absolute Gasteiger partial charge is 0.277 e. The van der Waals surface area contributed by atoms with E-state index in [4.69, 9.17) is 4.74 Å². The molecule has 176 valence electrons. The molecule has 2 amide bonds. The van der Waals surface area contributed by atoms with Gasteiger partial charge < -0.3 is 10.1 Å². The molecule has 0 bridgehead atoms. The van der Waals surface area contributed by atoms with Gasteiger partial charge in [0.1, 0.15) is 23.3 Å². The number of methoxy groups -OCH3 is 1. The number of carbonyl (C=O) groups is 2. The van der Waals surface area contributed by atoms with Gasteiger partial charge in [-0.05, 0) is 66.9 Å². The summed E-state index contributed by atoms with van der Waals surface area (Å²) in [4.78, 5) is 33.1. The number of aromatic nitrogens is 1. The van der Waals surface area contributed by atoms with Crippen LogP contribution in [0, 0.1) is 5.82 Å². The van der Waals surface area contributed by atoms with Crippen molar-refractivity contribution in [2.45, 2.75) is 44.2 Å². The zero-order chi connectivity index (χ0) is 23.9. The van der Waals surface area contributed by atoms with Crippen molar-refractivity contribution in [3.8, 4) is 5.75 Å². The van der Waals surface area contributed by atoms with E-state index in [1.807, 2.05) is 0 Å². The molecule has 1 heterocycles. The molecule has 1 aliphatic carbocycles. The minimum absolute atomic E-state index is 0.0480. The zero-order valence-electron chi connectivity index (χ0n) is 19.1. The highest BCUT2D eigenvalue weighted by molar-refractivity contribution is 6.09. The number of benzene rings is 2. The minimum atomic E-state index is -1.01. The number of anilines is 1. The Morgan fingerprint density at radius 3 is 2.32 bits per heavy atom. The highest BCUT2D eigenvalue weighted by Crippen LogP contribution is 2.31. The van der Waals surface area contributed by atoms with Crippen molar-refractivity contribution in [1.29, 1.82) is 0 Å². The summed E-state index contributed by atoms with van der Waals surface area (Å²) < 4.78 is 19.0. The lowest BCUT2D eigenvalue weighted by atomic mass is 9.94. The number of hydrogen-bond acceptors (Lipinski definition) is 4. The average molecular weight is 462 g/mol. The normalized spacial score (nSPS) is 14.8. The first-order chi connectivity index (χ1) is 16.6. The van der Waals surface area contributed by atoms with Crippen molar-refractivity contribution in [3.63, 3.8) is 0 Å². The maximum atomic E-state index is 13.8. The van der Waals surface area contributed by atoms with Gasteiger partial charge in [-0.15, -0.1) is 0 Å². The Bertz CT molecular complexity index is 1100. The van der Waals surface area contributed by atoms with Crippen LogP contribution in [0.15, 0.2) is 72.9 Å². The molecule has 1 saturated carbocycles. The molecule has 0 saturated heterocycles. The number of nitrogens with one attached hydrogen (secondary N) is 1. The number of halogens is 1. The molecule has 1 aliphatic rings. The summed E-state index contributed by atoms with van der Waals surface area (Å²) in [6.45, 7) is 0. The second-order valence-corrected chi connectivity index (χ2v) is 8.39. The van der Waals surface area contributed by atoms with Crippen LogP contribution in [0.5, 0.6) is 5.75 Å². The topological polar surface area (TPSA) is 71.5 Å². The van der Waals surface area contributed by atoms with Gasteiger partial charge >= 0.3 is 0 Å². The van der Waals surface area contributed by atoms with E-state index in [1.165, 1.54) is 23.2 Å². The lowest BCUT2D eigenvalue weighted by Gasteiger charge is -2.33. The third-order valence-electron chi connectivity index (χ3n) is 6.10. The fraction of sp³-hybridized carbons (Fsp3) is 0.296. The quantitative estimate of drug-likeness (QED) is 0.534. The van der Waals surface area contributed by atoms with Gasteiger partial charge in [-0.25, -0.2) is 4.39 Å². The zero-order valence-corrected chi connectivity index (χ0v) is 19.1. The molecule has 2 aromatic carbocycles. The molecule has 1 aromatic heterocycles. The Balaban J connectivity index is 1.79. The Morgan fingerprint density at radius 2 is 1.71 bits per heavy atom. The third-order valence-corrected chi connectivity index (χ3v) is 6.10. The van der Waals surface area contributed by atoms with Crippen molar-refractivity contribution in [3.05, 3.63) is 90.0 Å². The Kier molecular flexibility index (Phi) is 7.52. The van der Waals surface area contributed by atoms with Crippen LogP contribution in [-0.4, -0.2) is 29.9 Å². The van der Waals surface area contributed by atoms with Crippen molar-refractivity contribution in [1.82, 2.24) is 10.3 Å². The molecule has 0 spiro atoms. The maximum absolute atomic E-state index is 13.8. The SMILES string of the molecule is COc1ccc(N(C(=O)c2ccccn2)[C@H](C(=O)NC2CCCCC2)c2ccc(F)cc2)cc1. The standard InChI is InChI=1S/C27H28FN3O3/c1-34-23-16-14-22(15-17-23)31(27(33)24-9-5-6-18-29-24)25(19-10-12-20(28)13-11-19)26(32)30-21-7-3-2-4-8-21/h5-6,9-18,21,25H,2-4,7-8H2,1H3,(H,30,32)/t25-/m0/s1. The van der Waals surface area contributed by atoms with Crippen LogP contribution >= 0.6 is 0 Å². The molecule has 6 nitrogen and oxygen atoms in total.